The minimum Gasteiger partial charge on any atom is -0.497 e. The van der Waals surface area contributed by atoms with Crippen LogP contribution in [-0.4, -0.2) is 42.2 Å². The maximum atomic E-state index is 12.4. The van der Waals surface area contributed by atoms with E-state index in [1.165, 1.54) is 12.8 Å². The molecule has 1 saturated carbocycles. The largest absolute Gasteiger partial charge is 0.497 e. The van der Waals surface area contributed by atoms with Crippen LogP contribution in [0.1, 0.15) is 28.8 Å². The number of carbonyl (C=O) groups excluding carboxylic acids is 1. The van der Waals surface area contributed by atoms with Gasteiger partial charge in [-0.1, -0.05) is 12.1 Å². The van der Waals surface area contributed by atoms with Gasteiger partial charge in [-0.15, -0.1) is 0 Å². The van der Waals surface area contributed by atoms with E-state index in [1.54, 1.807) is 31.4 Å². The third kappa shape index (κ3) is 4.81. The molecule has 1 aliphatic rings. The normalized spacial score (nSPS) is 13.7. The van der Waals surface area contributed by atoms with Crippen LogP contribution < -0.4 is 10.1 Å². The van der Waals surface area contributed by atoms with Gasteiger partial charge in [0.05, 0.1) is 13.7 Å². The summed E-state index contributed by atoms with van der Waals surface area (Å²) >= 11 is 0. The highest BCUT2D eigenvalue weighted by Gasteiger charge is 2.28. The average molecular weight is 340 g/mol. The Balaban J connectivity index is 1.65. The monoisotopic (exact) mass is 340 g/mol. The van der Waals surface area contributed by atoms with Gasteiger partial charge in [-0.3, -0.25) is 9.69 Å². The molecule has 3 rings (SSSR count). The molecular weight excluding hydrogens is 316 g/mol. The third-order valence-corrected chi connectivity index (χ3v) is 4.37. The molecule has 0 spiro atoms. The predicted octanol–water partition coefficient (Wildman–Crippen LogP) is 2.90. The first-order valence-corrected chi connectivity index (χ1v) is 8.59. The Bertz CT molecular complexity index is 711. The summed E-state index contributed by atoms with van der Waals surface area (Å²) in [6.07, 6.45) is 2.40. The van der Waals surface area contributed by atoms with Gasteiger partial charge < -0.3 is 15.2 Å². The molecule has 5 nitrogen and oxygen atoms in total. The molecule has 0 saturated heterocycles. The van der Waals surface area contributed by atoms with Crippen LogP contribution in [0.15, 0.2) is 48.5 Å². The molecule has 0 radical (unpaired) electrons. The van der Waals surface area contributed by atoms with Crippen molar-refractivity contribution in [2.45, 2.75) is 25.4 Å². The number of aliphatic hydroxyl groups is 1. The zero-order chi connectivity index (χ0) is 17.6. The molecule has 0 heterocycles. The summed E-state index contributed by atoms with van der Waals surface area (Å²) in [5.74, 6) is 0.580. The molecule has 1 aliphatic carbocycles. The van der Waals surface area contributed by atoms with Gasteiger partial charge in [0.2, 0.25) is 0 Å². The van der Waals surface area contributed by atoms with Crippen LogP contribution in [0, 0.1) is 0 Å². The fourth-order valence-electron chi connectivity index (χ4n) is 2.89. The lowest BCUT2D eigenvalue weighted by atomic mass is 10.1. The number of nitrogens with one attached hydrogen (secondary N) is 1. The van der Waals surface area contributed by atoms with Crippen LogP contribution in [0.25, 0.3) is 0 Å². The summed E-state index contributed by atoms with van der Waals surface area (Å²) in [6, 6.07) is 15.5. The zero-order valence-corrected chi connectivity index (χ0v) is 14.4. The molecule has 0 aromatic heterocycles. The topological polar surface area (TPSA) is 61.8 Å². The number of rotatable bonds is 8. The number of hydrogen-bond acceptors (Lipinski definition) is 4. The van der Waals surface area contributed by atoms with Crippen molar-refractivity contribution in [3.63, 3.8) is 0 Å². The number of amides is 1. The highest BCUT2D eigenvalue weighted by Crippen LogP contribution is 2.28. The first-order chi connectivity index (χ1) is 12.2. The van der Waals surface area contributed by atoms with Crippen molar-refractivity contribution >= 4 is 11.6 Å². The summed E-state index contributed by atoms with van der Waals surface area (Å²) in [4.78, 5) is 14.7. The highest BCUT2D eigenvalue weighted by molar-refractivity contribution is 6.04. The van der Waals surface area contributed by atoms with Crippen molar-refractivity contribution in [3.05, 3.63) is 59.7 Å². The molecule has 0 bridgehead atoms. The summed E-state index contributed by atoms with van der Waals surface area (Å²) < 4.78 is 5.11. The summed E-state index contributed by atoms with van der Waals surface area (Å²) in [5.41, 5.74) is 2.50. The molecular formula is C20H24N2O3. The van der Waals surface area contributed by atoms with Crippen molar-refractivity contribution in [1.82, 2.24) is 4.90 Å². The minimum atomic E-state index is -0.144. The molecule has 132 valence electrons. The van der Waals surface area contributed by atoms with Gasteiger partial charge in [-0.25, -0.2) is 0 Å². The predicted molar refractivity (Wildman–Crippen MR) is 97.9 cm³/mol. The van der Waals surface area contributed by atoms with Crippen LogP contribution in [0.5, 0.6) is 5.75 Å². The number of hydrogen-bond donors (Lipinski definition) is 2. The van der Waals surface area contributed by atoms with Crippen LogP contribution in [-0.2, 0) is 6.54 Å². The Morgan fingerprint density at radius 1 is 1.24 bits per heavy atom. The van der Waals surface area contributed by atoms with Gasteiger partial charge in [0.25, 0.3) is 5.91 Å². The Morgan fingerprint density at radius 3 is 2.64 bits per heavy atom. The first-order valence-electron chi connectivity index (χ1n) is 8.59. The van der Waals surface area contributed by atoms with Gasteiger partial charge in [-0.05, 0) is 54.8 Å². The Morgan fingerprint density at radius 2 is 2.00 bits per heavy atom. The van der Waals surface area contributed by atoms with Crippen LogP contribution >= 0.6 is 0 Å². The standard InChI is InChI=1S/C20H24N2O3/c1-25-19-9-5-16(6-10-19)20(24)21-17-4-2-3-15(13-17)14-22(11-12-23)18-7-8-18/h2-6,9-10,13,18,23H,7-8,11-12,14H2,1H3,(H,21,24). The van der Waals surface area contributed by atoms with Gasteiger partial charge in [0.1, 0.15) is 5.75 Å². The van der Waals surface area contributed by atoms with Gasteiger partial charge >= 0.3 is 0 Å². The van der Waals surface area contributed by atoms with E-state index in [-0.39, 0.29) is 12.5 Å². The van der Waals surface area contributed by atoms with Gasteiger partial charge in [-0.2, -0.15) is 0 Å². The second-order valence-electron chi connectivity index (χ2n) is 6.31. The van der Waals surface area contributed by atoms with Crippen LogP contribution in [0.3, 0.4) is 0 Å². The van der Waals surface area contributed by atoms with Crippen molar-refractivity contribution in [2.24, 2.45) is 0 Å². The van der Waals surface area contributed by atoms with Gasteiger partial charge in [0, 0.05) is 30.4 Å². The Labute approximate surface area is 148 Å². The zero-order valence-electron chi connectivity index (χ0n) is 14.4. The fraction of sp³-hybridized carbons (Fsp3) is 0.350. The SMILES string of the molecule is COc1ccc(C(=O)Nc2cccc(CN(CCO)C3CC3)c2)cc1. The van der Waals surface area contributed by atoms with E-state index in [9.17, 15) is 9.90 Å². The molecule has 2 aromatic carbocycles. The lowest BCUT2D eigenvalue weighted by Gasteiger charge is -2.21. The number of methoxy groups -OCH3 is 1. The first kappa shape index (κ1) is 17.5. The van der Waals surface area contributed by atoms with Crippen molar-refractivity contribution < 1.29 is 14.6 Å². The second-order valence-corrected chi connectivity index (χ2v) is 6.31. The lowest BCUT2D eigenvalue weighted by molar-refractivity contribution is 0.102. The van der Waals surface area contributed by atoms with E-state index in [2.05, 4.69) is 16.3 Å². The number of ether oxygens (including phenoxy) is 1. The van der Waals surface area contributed by atoms with Crippen LogP contribution in [0.2, 0.25) is 0 Å². The van der Waals surface area contributed by atoms with E-state index in [0.717, 1.165) is 23.5 Å². The van der Waals surface area contributed by atoms with Gasteiger partial charge in [0.15, 0.2) is 0 Å². The molecule has 0 unspecified atom stereocenters. The Kier molecular flexibility index (Phi) is 5.68. The Hall–Kier alpha value is -2.37. The molecule has 5 heteroatoms. The number of anilines is 1. The summed E-state index contributed by atoms with van der Waals surface area (Å²) in [5, 5.41) is 12.2. The third-order valence-electron chi connectivity index (χ3n) is 4.37. The smallest absolute Gasteiger partial charge is 0.255 e. The molecule has 0 aliphatic heterocycles. The molecule has 2 N–H and O–H groups in total. The van der Waals surface area contributed by atoms with E-state index in [0.29, 0.717) is 18.2 Å². The number of carbonyl (C=O) groups is 1. The molecule has 1 amide bonds. The second kappa shape index (κ2) is 8.14. The molecule has 1 fully saturated rings. The van der Waals surface area contributed by atoms with Crippen LogP contribution in [0.4, 0.5) is 5.69 Å². The van der Waals surface area contributed by atoms with E-state index >= 15 is 0 Å². The van der Waals surface area contributed by atoms with Crippen molar-refractivity contribution in [1.29, 1.82) is 0 Å². The maximum absolute atomic E-state index is 12.4. The minimum absolute atomic E-state index is 0.144. The van der Waals surface area contributed by atoms with Crippen molar-refractivity contribution in [3.8, 4) is 5.75 Å². The number of nitrogens with zero attached hydrogens (tertiary/aromatic N) is 1. The lowest BCUT2D eigenvalue weighted by Crippen LogP contribution is -2.28. The van der Waals surface area contributed by atoms with E-state index in [4.69, 9.17) is 4.74 Å². The number of benzene rings is 2. The summed E-state index contributed by atoms with van der Waals surface area (Å²) in [7, 11) is 1.60. The maximum Gasteiger partial charge on any atom is 0.255 e. The average Bonchev–Trinajstić information content (AvgIpc) is 3.47. The van der Waals surface area contributed by atoms with E-state index in [1.807, 2.05) is 18.2 Å². The quantitative estimate of drug-likeness (QED) is 0.776. The summed E-state index contributed by atoms with van der Waals surface area (Å²) in [6.45, 7) is 1.65. The molecule has 0 atom stereocenters. The fourth-order valence-corrected chi connectivity index (χ4v) is 2.89. The number of aliphatic hydroxyl groups excluding tert-OH is 1. The molecule has 2 aromatic rings. The van der Waals surface area contributed by atoms with E-state index < -0.39 is 0 Å². The van der Waals surface area contributed by atoms with Crippen molar-refractivity contribution in [2.75, 3.05) is 25.6 Å². The molecule has 25 heavy (non-hydrogen) atoms. The highest BCUT2D eigenvalue weighted by atomic mass is 16.5.